The van der Waals surface area contributed by atoms with Gasteiger partial charge in [-0.1, -0.05) is 37.3 Å². The predicted molar refractivity (Wildman–Crippen MR) is 109 cm³/mol. The highest BCUT2D eigenvalue weighted by Gasteiger charge is 2.22. The van der Waals surface area contributed by atoms with Gasteiger partial charge >= 0.3 is 5.97 Å². The molecule has 2 aromatic rings. The molecule has 1 atom stereocenters. The van der Waals surface area contributed by atoms with E-state index in [0.29, 0.717) is 18.7 Å². The number of carbonyl (C=O) groups excluding carboxylic acids is 2. The fourth-order valence-corrected chi connectivity index (χ4v) is 2.56. The number of nitrogens with zero attached hydrogens (tertiary/aromatic N) is 2. The molecule has 0 heterocycles. The van der Waals surface area contributed by atoms with Gasteiger partial charge in [0.1, 0.15) is 5.75 Å². The average Bonchev–Trinajstić information content (AvgIpc) is 2.71. The number of anilines is 1. The Morgan fingerprint density at radius 2 is 1.61 bits per heavy atom. The molecule has 0 spiro atoms. The molecule has 0 aliphatic rings. The van der Waals surface area contributed by atoms with Crippen molar-refractivity contribution >= 4 is 17.6 Å². The third kappa shape index (κ3) is 6.30. The Morgan fingerprint density at radius 3 is 2.18 bits per heavy atom. The molecule has 0 aliphatic carbocycles. The minimum Gasteiger partial charge on any atom is -0.479 e. The molecule has 6 heteroatoms. The van der Waals surface area contributed by atoms with Crippen LogP contribution >= 0.6 is 0 Å². The molecule has 0 fully saturated rings. The Hall–Kier alpha value is -3.02. The monoisotopic (exact) mass is 384 g/mol. The molecule has 150 valence electrons. The average molecular weight is 384 g/mol. The zero-order valence-corrected chi connectivity index (χ0v) is 16.9. The van der Waals surface area contributed by atoms with Crippen molar-refractivity contribution in [3.05, 3.63) is 60.2 Å². The van der Waals surface area contributed by atoms with E-state index in [4.69, 9.17) is 9.47 Å². The van der Waals surface area contributed by atoms with Crippen molar-refractivity contribution in [3.8, 4) is 5.75 Å². The molecule has 0 unspecified atom stereocenters. The van der Waals surface area contributed by atoms with Gasteiger partial charge in [-0.25, -0.2) is 4.79 Å². The quantitative estimate of drug-likeness (QED) is 0.622. The molecule has 28 heavy (non-hydrogen) atoms. The summed E-state index contributed by atoms with van der Waals surface area (Å²) in [6, 6.07) is 17.0. The van der Waals surface area contributed by atoms with Gasteiger partial charge in [-0.15, -0.1) is 0 Å². The lowest BCUT2D eigenvalue weighted by Gasteiger charge is -2.20. The van der Waals surface area contributed by atoms with E-state index in [0.717, 1.165) is 11.3 Å². The summed E-state index contributed by atoms with van der Waals surface area (Å²) in [6.07, 6.45) is -0.283. The van der Waals surface area contributed by atoms with E-state index in [1.54, 1.807) is 19.2 Å². The maximum absolute atomic E-state index is 12.3. The molecule has 6 nitrogen and oxygen atoms in total. The van der Waals surface area contributed by atoms with Crippen LogP contribution in [0, 0.1) is 0 Å². The van der Waals surface area contributed by atoms with Crippen LogP contribution < -0.4 is 9.64 Å². The van der Waals surface area contributed by atoms with Crippen LogP contribution in [0.4, 0.5) is 5.69 Å². The highest BCUT2D eigenvalue weighted by Crippen LogP contribution is 2.15. The lowest BCUT2D eigenvalue weighted by atomic mass is 10.2. The fourth-order valence-electron chi connectivity index (χ4n) is 2.56. The van der Waals surface area contributed by atoms with E-state index in [1.165, 1.54) is 4.90 Å². The van der Waals surface area contributed by atoms with Crippen LogP contribution in [0.2, 0.25) is 0 Å². The Bertz CT molecular complexity index is 760. The van der Waals surface area contributed by atoms with Crippen molar-refractivity contribution in [1.82, 2.24) is 4.90 Å². The van der Waals surface area contributed by atoms with Gasteiger partial charge in [-0.05, 0) is 36.2 Å². The number of rotatable bonds is 9. The summed E-state index contributed by atoms with van der Waals surface area (Å²) < 4.78 is 10.8. The van der Waals surface area contributed by atoms with Crippen molar-refractivity contribution in [2.75, 3.05) is 32.6 Å². The molecule has 2 aromatic carbocycles. The van der Waals surface area contributed by atoms with Gasteiger partial charge in [0.2, 0.25) is 0 Å². The first-order chi connectivity index (χ1) is 13.4. The SMILES string of the molecule is CC[C@@H](Oc1ccccc1)C(=O)OCC(=O)N(C)Cc1ccc(N(C)C)cc1. The summed E-state index contributed by atoms with van der Waals surface area (Å²) in [7, 11) is 5.64. The van der Waals surface area contributed by atoms with E-state index in [9.17, 15) is 9.59 Å². The van der Waals surface area contributed by atoms with E-state index in [1.807, 2.05) is 68.4 Å². The Morgan fingerprint density at radius 1 is 0.964 bits per heavy atom. The number of ether oxygens (including phenoxy) is 2. The van der Waals surface area contributed by atoms with Gasteiger partial charge < -0.3 is 19.3 Å². The van der Waals surface area contributed by atoms with Gasteiger partial charge in [0, 0.05) is 33.4 Å². The zero-order chi connectivity index (χ0) is 20.5. The number of carbonyl (C=O) groups is 2. The van der Waals surface area contributed by atoms with Crippen LogP contribution in [0.1, 0.15) is 18.9 Å². The third-order valence-electron chi connectivity index (χ3n) is 4.29. The summed E-state index contributed by atoms with van der Waals surface area (Å²) in [5, 5.41) is 0. The highest BCUT2D eigenvalue weighted by atomic mass is 16.6. The smallest absolute Gasteiger partial charge is 0.347 e. The van der Waals surface area contributed by atoms with E-state index < -0.39 is 12.1 Å². The first-order valence-corrected chi connectivity index (χ1v) is 9.29. The largest absolute Gasteiger partial charge is 0.479 e. The summed E-state index contributed by atoms with van der Waals surface area (Å²) in [5.41, 5.74) is 2.10. The summed E-state index contributed by atoms with van der Waals surface area (Å²) in [4.78, 5) is 28.1. The maximum Gasteiger partial charge on any atom is 0.347 e. The molecule has 1 amide bonds. The minimum atomic E-state index is -0.737. The topological polar surface area (TPSA) is 59.1 Å². The number of hydrogen-bond donors (Lipinski definition) is 0. The standard InChI is InChI=1S/C22H28N2O4/c1-5-20(28-19-9-7-6-8-10-19)22(26)27-16-21(25)24(4)15-17-11-13-18(14-12-17)23(2)3/h6-14,20H,5,15-16H2,1-4H3/t20-/m1/s1. The van der Waals surface area contributed by atoms with Gasteiger partial charge in [0.15, 0.2) is 12.7 Å². The molecule has 0 bridgehead atoms. The first-order valence-electron chi connectivity index (χ1n) is 9.29. The third-order valence-corrected chi connectivity index (χ3v) is 4.29. The van der Waals surface area contributed by atoms with Gasteiger partial charge in [0.05, 0.1) is 0 Å². The van der Waals surface area contributed by atoms with Crippen molar-refractivity contribution in [2.24, 2.45) is 0 Å². The molecular formula is C22H28N2O4. The van der Waals surface area contributed by atoms with Crippen LogP contribution in [0.15, 0.2) is 54.6 Å². The molecule has 0 saturated heterocycles. The van der Waals surface area contributed by atoms with E-state index >= 15 is 0 Å². The van der Waals surface area contributed by atoms with Crippen molar-refractivity contribution in [3.63, 3.8) is 0 Å². The van der Waals surface area contributed by atoms with E-state index in [2.05, 4.69) is 0 Å². The van der Waals surface area contributed by atoms with Crippen LogP contribution in [0.25, 0.3) is 0 Å². The number of likely N-dealkylation sites (N-methyl/N-ethyl adjacent to an activating group) is 1. The van der Waals surface area contributed by atoms with E-state index in [-0.39, 0.29) is 12.5 Å². The second-order valence-electron chi connectivity index (χ2n) is 6.75. The second-order valence-corrected chi connectivity index (χ2v) is 6.75. The lowest BCUT2D eigenvalue weighted by molar-refractivity contribution is -0.158. The number of amides is 1. The van der Waals surface area contributed by atoms with Crippen LogP contribution in [0.3, 0.4) is 0 Å². The summed E-state index contributed by atoms with van der Waals surface area (Å²) in [6.45, 7) is 1.97. The Balaban J connectivity index is 1.83. The van der Waals surface area contributed by atoms with Crippen LogP contribution in [-0.2, 0) is 20.9 Å². The zero-order valence-electron chi connectivity index (χ0n) is 16.9. The molecule has 0 aliphatic heterocycles. The normalized spacial score (nSPS) is 11.4. The van der Waals surface area contributed by atoms with Crippen LogP contribution in [-0.4, -0.2) is 50.6 Å². The number of hydrogen-bond acceptors (Lipinski definition) is 5. The van der Waals surface area contributed by atoms with Gasteiger partial charge in [-0.3, -0.25) is 4.79 Å². The lowest BCUT2D eigenvalue weighted by Crippen LogP contribution is -2.34. The molecule has 0 N–H and O–H groups in total. The van der Waals surface area contributed by atoms with Crippen molar-refractivity contribution in [1.29, 1.82) is 0 Å². The molecule has 0 aromatic heterocycles. The fraction of sp³-hybridized carbons (Fsp3) is 0.364. The van der Waals surface area contributed by atoms with Crippen LogP contribution in [0.5, 0.6) is 5.75 Å². The molecule has 2 rings (SSSR count). The maximum atomic E-state index is 12.3. The minimum absolute atomic E-state index is 0.264. The van der Waals surface area contributed by atoms with Gasteiger partial charge in [-0.2, -0.15) is 0 Å². The first kappa shape index (κ1) is 21.3. The molecular weight excluding hydrogens is 356 g/mol. The van der Waals surface area contributed by atoms with Crippen molar-refractivity contribution in [2.45, 2.75) is 26.0 Å². The summed E-state index contributed by atoms with van der Waals surface area (Å²) in [5.74, 6) is -0.209. The molecule has 0 radical (unpaired) electrons. The summed E-state index contributed by atoms with van der Waals surface area (Å²) >= 11 is 0. The molecule has 0 saturated carbocycles. The number of benzene rings is 2. The number of para-hydroxylation sites is 1. The number of esters is 1. The Labute approximate surface area is 166 Å². The highest BCUT2D eigenvalue weighted by molar-refractivity contribution is 5.82. The van der Waals surface area contributed by atoms with Crippen molar-refractivity contribution < 1.29 is 19.1 Å². The predicted octanol–water partition coefficient (Wildman–Crippen LogP) is 3.11. The van der Waals surface area contributed by atoms with Gasteiger partial charge in [0.25, 0.3) is 5.91 Å². The Kier molecular flexibility index (Phi) is 7.87. The second kappa shape index (κ2) is 10.3.